The Morgan fingerprint density at radius 3 is 2.48 bits per heavy atom. The normalized spacial score (nSPS) is 10.2. The van der Waals surface area contributed by atoms with E-state index in [0.717, 1.165) is 15.6 Å². The van der Waals surface area contributed by atoms with Crippen LogP contribution < -0.4 is 5.32 Å². The van der Waals surface area contributed by atoms with Crippen molar-refractivity contribution in [2.24, 2.45) is 0 Å². The summed E-state index contributed by atoms with van der Waals surface area (Å²) in [5.41, 5.74) is 2.46. The number of amides is 1. The van der Waals surface area contributed by atoms with Crippen molar-refractivity contribution >= 4 is 27.5 Å². The quantitative estimate of drug-likeness (QED) is 0.677. The molecule has 0 heterocycles. The lowest BCUT2D eigenvalue weighted by Crippen LogP contribution is -2.22. The summed E-state index contributed by atoms with van der Waals surface area (Å²) in [6.07, 6.45) is 0. The standard InChI is InChI=1S/C15H13BrN2O3/c1-10-2-5-12(8-14(10)16)15(19)17-9-11-3-6-13(7-4-11)18(20)21/h2-8H,9H2,1H3,(H,17,19). The van der Waals surface area contributed by atoms with Crippen LogP contribution in [0.5, 0.6) is 0 Å². The van der Waals surface area contributed by atoms with Crippen molar-refractivity contribution in [3.8, 4) is 0 Å². The van der Waals surface area contributed by atoms with E-state index in [2.05, 4.69) is 21.2 Å². The summed E-state index contributed by atoms with van der Waals surface area (Å²) in [6, 6.07) is 11.5. The number of nitro groups is 1. The molecule has 108 valence electrons. The van der Waals surface area contributed by atoms with Gasteiger partial charge in [-0.1, -0.05) is 34.1 Å². The number of nitrogens with one attached hydrogen (secondary N) is 1. The first-order valence-electron chi connectivity index (χ1n) is 6.25. The Balaban J connectivity index is 2.00. The Hall–Kier alpha value is -2.21. The SMILES string of the molecule is Cc1ccc(C(=O)NCc2ccc([N+](=O)[O-])cc2)cc1Br. The summed E-state index contributed by atoms with van der Waals surface area (Å²) >= 11 is 3.39. The van der Waals surface area contributed by atoms with Gasteiger partial charge in [-0.3, -0.25) is 14.9 Å². The number of hydrogen-bond acceptors (Lipinski definition) is 3. The van der Waals surface area contributed by atoms with Crippen LogP contribution in [0.25, 0.3) is 0 Å². The zero-order valence-electron chi connectivity index (χ0n) is 11.3. The molecule has 0 aliphatic heterocycles. The van der Waals surface area contributed by atoms with E-state index in [1.165, 1.54) is 12.1 Å². The fourth-order valence-corrected chi connectivity index (χ4v) is 2.13. The molecule has 0 aliphatic rings. The smallest absolute Gasteiger partial charge is 0.269 e. The molecule has 2 aromatic rings. The van der Waals surface area contributed by atoms with Crippen molar-refractivity contribution in [2.45, 2.75) is 13.5 Å². The summed E-state index contributed by atoms with van der Waals surface area (Å²) < 4.78 is 0.880. The number of nitrogens with zero attached hydrogens (tertiary/aromatic N) is 1. The molecule has 0 saturated carbocycles. The van der Waals surface area contributed by atoms with E-state index < -0.39 is 4.92 Å². The number of aryl methyl sites for hydroxylation is 1. The lowest BCUT2D eigenvalue weighted by atomic mass is 10.1. The number of nitro benzene ring substituents is 1. The van der Waals surface area contributed by atoms with Crippen molar-refractivity contribution in [2.75, 3.05) is 0 Å². The first-order chi connectivity index (χ1) is 9.97. The summed E-state index contributed by atoms with van der Waals surface area (Å²) in [7, 11) is 0. The van der Waals surface area contributed by atoms with Crippen LogP contribution in [0.15, 0.2) is 46.9 Å². The Labute approximate surface area is 130 Å². The minimum atomic E-state index is -0.452. The molecule has 0 spiro atoms. The van der Waals surface area contributed by atoms with E-state index in [1.807, 2.05) is 13.0 Å². The highest BCUT2D eigenvalue weighted by atomic mass is 79.9. The molecule has 0 unspecified atom stereocenters. The number of carbonyl (C=O) groups excluding carboxylic acids is 1. The molecule has 0 atom stereocenters. The molecule has 5 nitrogen and oxygen atoms in total. The lowest BCUT2D eigenvalue weighted by Gasteiger charge is -2.07. The Kier molecular flexibility index (Phi) is 4.70. The molecule has 0 fully saturated rings. The van der Waals surface area contributed by atoms with E-state index in [0.29, 0.717) is 12.1 Å². The average molecular weight is 349 g/mol. The number of carbonyl (C=O) groups is 1. The van der Waals surface area contributed by atoms with Crippen LogP contribution in [0.4, 0.5) is 5.69 Å². The molecule has 2 aromatic carbocycles. The third-order valence-electron chi connectivity index (χ3n) is 3.03. The minimum Gasteiger partial charge on any atom is -0.348 e. The molecule has 1 N–H and O–H groups in total. The minimum absolute atomic E-state index is 0.0348. The molecular formula is C15H13BrN2O3. The summed E-state index contributed by atoms with van der Waals surface area (Å²) in [5.74, 6) is -0.186. The lowest BCUT2D eigenvalue weighted by molar-refractivity contribution is -0.384. The van der Waals surface area contributed by atoms with Crippen molar-refractivity contribution in [3.63, 3.8) is 0 Å². The molecule has 21 heavy (non-hydrogen) atoms. The molecule has 0 aliphatic carbocycles. The van der Waals surface area contributed by atoms with Crippen LogP contribution in [0.1, 0.15) is 21.5 Å². The van der Waals surface area contributed by atoms with Gasteiger partial charge < -0.3 is 5.32 Å². The predicted octanol–water partition coefficient (Wildman–Crippen LogP) is 3.60. The van der Waals surface area contributed by atoms with E-state index in [9.17, 15) is 14.9 Å². The van der Waals surface area contributed by atoms with Gasteiger partial charge in [0.15, 0.2) is 0 Å². The number of non-ortho nitro benzene ring substituents is 1. The number of rotatable bonds is 4. The highest BCUT2D eigenvalue weighted by molar-refractivity contribution is 9.10. The van der Waals surface area contributed by atoms with E-state index in [-0.39, 0.29) is 11.6 Å². The van der Waals surface area contributed by atoms with Crippen LogP contribution in [0.3, 0.4) is 0 Å². The van der Waals surface area contributed by atoms with Gasteiger partial charge in [-0.25, -0.2) is 0 Å². The molecule has 0 radical (unpaired) electrons. The number of benzene rings is 2. The fourth-order valence-electron chi connectivity index (χ4n) is 1.75. The first kappa shape index (κ1) is 15.2. The van der Waals surface area contributed by atoms with Crippen LogP contribution in [0, 0.1) is 17.0 Å². The maximum absolute atomic E-state index is 12.0. The molecule has 2 rings (SSSR count). The molecule has 6 heteroatoms. The topological polar surface area (TPSA) is 72.2 Å². The number of halogens is 1. The summed E-state index contributed by atoms with van der Waals surface area (Å²) in [5, 5.41) is 13.3. The van der Waals surface area contributed by atoms with Crippen LogP contribution in [-0.2, 0) is 6.54 Å². The van der Waals surface area contributed by atoms with Crippen LogP contribution >= 0.6 is 15.9 Å². The van der Waals surface area contributed by atoms with Gasteiger partial charge in [-0.15, -0.1) is 0 Å². The highest BCUT2D eigenvalue weighted by Gasteiger charge is 2.08. The van der Waals surface area contributed by atoms with Gasteiger partial charge in [0, 0.05) is 28.7 Å². The second kappa shape index (κ2) is 6.49. The Bertz CT molecular complexity index is 684. The van der Waals surface area contributed by atoms with Gasteiger partial charge in [0.25, 0.3) is 11.6 Å². The zero-order valence-corrected chi connectivity index (χ0v) is 12.9. The third-order valence-corrected chi connectivity index (χ3v) is 3.89. The maximum Gasteiger partial charge on any atom is 0.269 e. The van der Waals surface area contributed by atoms with Gasteiger partial charge >= 0.3 is 0 Å². The molecule has 0 bridgehead atoms. The van der Waals surface area contributed by atoms with Crippen molar-refractivity contribution < 1.29 is 9.72 Å². The zero-order chi connectivity index (χ0) is 15.4. The van der Waals surface area contributed by atoms with Crippen molar-refractivity contribution in [3.05, 3.63) is 73.7 Å². The van der Waals surface area contributed by atoms with Gasteiger partial charge in [-0.2, -0.15) is 0 Å². The van der Waals surface area contributed by atoms with E-state index >= 15 is 0 Å². The van der Waals surface area contributed by atoms with E-state index in [1.54, 1.807) is 24.3 Å². The average Bonchev–Trinajstić information content (AvgIpc) is 2.48. The number of hydrogen-bond donors (Lipinski definition) is 1. The molecular weight excluding hydrogens is 336 g/mol. The maximum atomic E-state index is 12.0. The second-order valence-corrected chi connectivity index (χ2v) is 5.42. The fraction of sp³-hybridized carbons (Fsp3) is 0.133. The second-order valence-electron chi connectivity index (χ2n) is 4.57. The predicted molar refractivity (Wildman–Crippen MR) is 83.1 cm³/mol. The van der Waals surface area contributed by atoms with Gasteiger partial charge in [0.05, 0.1) is 4.92 Å². The summed E-state index contributed by atoms with van der Waals surface area (Å²) in [6.45, 7) is 2.27. The summed E-state index contributed by atoms with van der Waals surface area (Å²) in [4.78, 5) is 22.1. The molecule has 0 aromatic heterocycles. The largest absolute Gasteiger partial charge is 0.348 e. The Morgan fingerprint density at radius 2 is 1.90 bits per heavy atom. The monoisotopic (exact) mass is 348 g/mol. The molecule has 0 saturated heterocycles. The first-order valence-corrected chi connectivity index (χ1v) is 7.04. The van der Waals surface area contributed by atoms with Crippen molar-refractivity contribution in [1.29, 1.82) is 0 Å². The van der Waals surface area contributed by atoms with Crippen molar-refractivity contribution in [1.82, 2.24) is 5.32 Å². The van der Waals surface area contributed by atoms with Crippen LogP contribution in [0.2, 0.25) is 0 Å². The molecule has 1 amide bonds. The van der Waals surface area contributed by atoms with E-state index in [4.69, 9.17) is 0 Å². The third kappa shape index (κ3) is 3.88. The Morgan fingerprint density at radius 1 is 1.24 bits per heavy atom. The van der Waals surface area contributed by atoms with Crippen LogP contribution in [-0.4, -0.2) is 10.8 Å². The van der Waals surface area contributed by atoms with Gasteiger partial charge in [-0.05, 0) is 30.2 Å². The van der Waals surface area contributed by atoms with Gasteiger partial charge in [0.1, 0.15) is 0 Å². The highest BCUT2D eigenvalue weighted by Crippen LogP contribution is 2.17. The van der Waals surface area contributed by atoms with Gasteiger partial charge in [0.2, 0.25) is 0 Å².